The van der Waals surface area contributed by atoms with Crippen molar-refractivity contribution >= 4 is 27.3 Å². The fraction of sp³-hybridized carbons (Fsp3) is 0.269. The summed E-state index contributed by atoms with van der Waals surface area (Å²) in [5.41, 5.74) is 1.75. The number of methoxy groups -OCH3 is 2. The third kappa shape index (κ3) is 5.68. The van der Waals surface area contributed by atoms with Gasteiger partial charge >= 0.3 is 0 Å². The Kier molecular flexibility index (Phi) is 7.45. The molecule has 1 saturated heterocycles. The molecule has 1 heterocycles. The molecule has 0 saturated carbocycles. The standard InChI is InChI=1S/C26H29N3O5S/c1-33-22-13-11-21(12-14-22)27-35(31,32)23-8-5-7-20(19-23)26(30)29-16-6-15-28(17-18-29)24-9-3-4-10-25(24)34-2/h3-5,7-14,19,27H,6,15-18H2,1-2H3. The van der Waals surface area contributed by atoms with E-state index in [1.54, 1.807) is 55.5 Å². The average molecular weight is 496 g/mol. The van der Waals surface area contributed by atoms with Crippen molar-refractivity contribution in [2.75, 3.05) is 50.0 Å². The van der Waals surface area contributed by atoms with Gasteiger partial charge in [-0.15, -0.1) is 0 Å². The zero-order chi connectivity index (χ0) is 24.8. The topological polar surface area (TPSA) is 88.2 Å². The van der Waals surface area contributed by atoms with E-state index < -0.39 is 10.0 Å². The molecular formula is C26H29N3O5S. The van der Waals surface area contributed by atoms with Crippen molar-refractivity contribution in [2.45, 2.75) is 11.3 Å². The summed E-state index contributed by atoms with van der Waals surface area (Å²) in [6.07, 6.45) is 0.792. The monoisotopic (exact) mass is 495 g/mol. The number of nitrogens with zero attached hydrogens (tertiary/aromatic N) is 2. The Bertz CT molecular complexity index is 1280. The van der Waals surface area contributed by atoms with Crippen molar-refractivity contribution < 1.29 is 22.7 Å². The van der Waals surface area contributed by atoms with E-state index in [1.165, 1.54) is 12.1 Å². The number of hydrogen-bond donors (Lipinski definition) is 1. The molecular weight excluding hydrogens is 466 g/mol. The van der Waals surface area contributed by atoms with Crippen LogP contribution in [0, 0.1) is 0 Å². The van der Waals surface area contributed by atoms with Gasteiger partial charge in [-0.25, -0.2) is 8.42 Å². The smallest absolute Gasteiger partial charge is 0.261 e. The third-order valence-corrected chi connectivity index (χ3v) is 7.32. The molecule has 3 aromatic carbocycles. The lowest BCUT2D eigenvalue weighted by molar-refractivity contribution is 0.0767. The van der Waals surface area contributed by atoms with Gasteiger partial charge in [0.1, 0.15) is 11.5 Å². The van der Waals surface area contributed by atoms with Crippen LogP contribution in [0.5, 0.6) is 11.5 Å². The van der Waals surface area contributed by atoms with Crippen LogP contribution in [-0.4, -0.2) is 59.6 Å². The molecule has 0 aromatic heterocycles. The van der Waals surface area contributed by atoms with Crippen LogP contribution < -0.4 is 19.1 Å². The molecule has 184 valence electrons. The van der Waals surface area contributed by atoms with Crippen LogP contribution >= 0.6 is 0 Å². The first kappa shape index (κ1) is 24.4. The van der Waals surface area contributed by atoms with Gasteiger partial charge in [0.25, 0.3) is 15.9 Å². The highest BCUT2D eigenvalue weighted by Gasteiger charge is 2.23. The molecule has 0 aliphatic carbocycles. The third-order valence-electron chi connectivity index (χ3n) is 5.94. The lowest BCUT2D eigenvalue weighted by Crippen LogP contribution is -2.35. The van der Waals surface area contributed by atoms with E-state index in [9.17, 15) is 13.2 Å². The van der Waals surface area contributed by atoms with E-state index >= 15 is 0 Å². The number of hydrogen-bond acceptors (Lipinski definition) is 6. The minimum absolute atomic E-state index is 0.0321. The number of amides is 1. The van der Waals surface area contributed by atoms with E-state index in [0.717, 1.165) is 24.4 Å². The van der Waals surface area contributed by atoms with Crippen molar-refractivity contribution in [1.82, 2.24) is 4.90 Å². The van der Waals surface area contributed by atoms with E-state index in [4.69, 9.17) is 9.47 Å². The molecule has 9 heteroatoms. The number of benzene rings is 3. The Labute approximate surface area is 206 Å². The molecule has 0 unspecified atom stereocenters. The van der Waals surface area contributed by atoms with Crippen LogP contribution in [0.15, 0.2) is 77.7 Å². The predicted molar refractivity (Wildman–Crippen MR) is 136 cm³/mol. The number of sulfonamides is 1. The Morgan fingerprint density at radius 2 is 1.63 bits per heavy atom. The van der Waals surface area contributed by atoms with Gasteiger partial charge in [0.15, 0.2) is 0 Å². The summed E-state index contributed by atoms with van der Waals surface area (Å²) in [5.74, 6) is 1.24. The second kappa shape index (κ2) is 10.7. The van der Waals surface area contributed by atoms with Gasteiger partial charge in [-0.3, -0.25) is 9.52 Å². The van der Waals surface area contributed by atoms with E-state index in [2.05, 4.69) is 9.62 Å². The summed E-state index contributed by atoms with van der Waals surface area (Å²) >= 11 is 0. The second-order valence-corrected chi connectivity index (χ2v) is 9.85. The lowest BCUT2D eigenvalue weighted by Gasteiger charge is -2.25. The van der Waals surface area contributed by atoms with Crippen LogP contribution in [0.1, 0.15) is 16.8 Å². The number of rotatable bonds is 7. The normalized spacial score (nSPS) is 14.2. The van der Waals surface area contributed by atoms with E-state index in [-0.39, 0.29) is 10.8 Å². The zero-order valence-electron chi connectivity index (χ0n) is 19.8. The Morgan fingerprint density at radius 3 is 2.37 bits per heavy atom. The van der Waals surface area contributed by atoms with Crippen molar-refractivity contribution in [2.24, 2.45) is 0 Å². The molecule has 0 bridgehead atoms. The highest BCUT2D eigenvalue weighted by Crippen LogP contribution is 2.28. The highest BCUT2D eigenvalue weighted by molar-refractivity contribution is 7.92. The Balaban J connectivity index is 1.47. The first-order valence-electron chi connectivity index (χ1n) is 11.4. The van der Waals surface area contributed by atoms with Crippen LogP contribution in [0.3, 0.4) is 0 Å². The fourth-order valence-corrected chi connectivity index (χ4v) is 5.21. The summed E-state index contributed by atoms with van der Waals surface area (Å²) in [7, 11) is -0.670. The molecule has 1 amide bonds. The summed E-state index contributed by atoms with van der Waals surface area (Å²) in [6.45, 7) is 2.57. The molecule has 0 atom stereocenters. The van der Waals surface area contributed by atoms with Crippen LogP contribution in [-0.2, 0) is 10.0 Å². The maximum atomic E-state index is 13.3. The molecule has 1 aliphatic heterocycles. The van der Waals surface area contributed by atoms with Crippen molar-refractivity contribution in [1.29, 1.82) is 0 Å². The van der Waals surface area contributed by atoms with Crippen LogP contribution in [0.25, 0.3) is 0 Å². The van der Waals surface area contributed by atoms with E-state index in [1.807, 2.05) is 24.3 Å². The molecule has 0 radical (unpaired) electrons. The molecule has 0 spiro atoms. The fourth-order valence-electron chi connectivity index (χ4n) is 4.10. The summed E-state index contributed by atoms with van der Waals surface area (Å²) in [6, 6.07) is 20.6. The number of para-hydroxylation sites is 2. The first-order chi connectivity index (χ1) is 16.9. The Hall–Kier alpha value is -3.72. The summed E-state index contributed by atoms with van der Waals surface area (Å²) in [5, 5.41) is 0. The minimum Gasteiger partial charge on any atom is -0.497 e. The first-order valence-corrected chi connectivity index (χ1v) is 12.8. The highest BCUT2D eigenvalue weighted by atomic mass is 32.2. The molecule has 35 heavy (non-hydrogen) atoms. The number of carbonyl (C=O) groups is 1. The van der Waals surface area contributed by atoms with E-state index in [0.29, 0.717) is 36.6 Å². The quantitative estimate of drug-likeness (QED) is 0.536. The second-order valence-electron chi connectivity index (χ2n) is 8.17. The lowest BCUT2D eigenvalue weighted by atomic mass is 10.2. The van der Waals surface area contributed by atoms with Gasteiger partial charge in [-0.2, -0.15) is 0 Å². The van der Waals surface area contributed by atoms with Gasteiger partial charge in [-0.1, -0.05) is 18.2 Å². The molecule has 4 rings (SSSR count). The van der Waals surface area contributed by atoms with Gasteiger partial charge in [0, 0.05) is 37.4 Å². The number of carbonyl (C=O) groups excluding carboxylic acids is 1. The van der Waals surface area contributed by atoms with Crippen LogP contribution in [0.4, 0.5) is 11.4 Å². The minimum atomic E-state index is -3.86. The SMILES string of the molecule is COc1ccc(NS(=O)(=O)c2cccc(C(=O)N3CCCN(c4ccccc4OC)CC3)c2)cc1. The maximum Gasteiger partial charge on any atom is 0.261 e. The zero-order valence-corrected chi connectivity index (χ0v) is 20.6. The van der Waals surface area contributed by atoms with Crippen molar-refractivity contribution in [3.8, 4) is 11.5 Å². The molecule has 1 fully saturated rings. The summed E-state index contributed by atoms with van der Waals surface area (Å²) < 4.78 is 39.0. The van der Waals surface area contributed by atoms with Gasteiger partial charge < -0.3 is 19.3 Å². The molecule has 8 nitrogen and oxygen atoms in total. The van der Waals surface area contributed by atoms with Gasteiger partial charge in [-0.05, 0) is 61.0 Å². The van der Waals surface area contributed by atoms with Crippen molar-refractivity contribution in [3.05, 3.63) is 78.4 Å². The number of anilines is 2. The number of ether oxygens (including phenoxy) is 2. The molecule has 1 aliphatic rings. The maximum absolute atomic E-state index is 13.3. The summed E-state index contributed by atoms with van der Waals surface area (Å²) in [4.78, 5) is 17.3. The molecule has 3 aromatic rings. The number of nitrogens with one attached hydrogen (secondary N) is 1. The van der Waals surface area contributed by atoms with Crippen LogP contribution in [0.2, 0.25) is 0 Å². The Morgan fingerprint density at radius 1 is 0.857 bits per heavy atom. The predicted octanol–water partition coefficient (Wildman–Crippen LogP) is 3.86. The largest absolute Gasteiger partial charge is 0.497 e. The van der Waals surface area contributed by atoms with Gasteiger partial charge in [0.05, 0.1) is 24.8 Å². The molecule has 1 N–H and O–H groups in total. The van der Waals surface area contributed by atoms with Crippen molar-refractivity contribution in [3.63, 3.8) is 0 Å². The van der Waals surface area contributed by atoms with Gasteiger partial charge in [0.2, 0.25) is 0 Å². The average Bonchev–Trinajstić information content (AvgIpc) is 3.15.